The Morgan fingerprint density at radius 2 is 1.70 bits per heavy atom. The van der Waals surface area contributed by atoms with Crippen LogP contribution in [0.25, 0.3) is 0 Å². The molecule has 4 aliphatic carbocycles. The van der Waals surface area contributed by atoms with Crippen molar-refractivity contribution >= 4 is 5.78 Å². The van der Waals surface area contributed by atoms with Gasteiger partial charge in [-0.25, -0.2) is 0 Å². The molecule has 1 saturated heterocycles. The first kappa shape index (κ1) is 21.8. The third-order valence-electron chi connectivity index (χ3n) is 9.56. The zero-order chi connectivity index (χ0) is 23.0. The number of Topliss-reactive ketones (excluding diaryl/α,β-unsaturated/α-hetero) is 1. The molecule has 5 aliphatic rings. The molecule has 0 bridgehead atoms. The zero-order valence-electron chi connectivity index (χ0n) is 20.7. The second kappa shape index (κ2) is 7.39. The topological polar surface area (TPSA) is 35.5 Å². The predicted molar refractivity (Wildman–Crippen MR) is 130 cm³/mol. The highest BCUT2D eigenvalue weighted by atomic mass is 16.7. The third-order valence-corrected chi connectivity index (χ3v) is 9.56. The lowest BCUT2D eigenvalue weighted by Gasteiger charge is -2.51. The summed E-state index contributed by atoms with van der Waals surface area (Å²) in [6, 6.07) is 9.33. The van der Waals surface area contributed by atoms with E-state index in [1.807, 2.05) is 0 Å². The number of allylic oxidation sites excluding steroid dienone is 3. The Kier molecular flexibility index (Phi) is 4.88. The number of benzene rings is 1. The Bertz CT molecular complexity index is 1030. The van der Waals surface area contributed by atoms with Crippen molar-refractivity contribution in [3.63, 3.8) is 0 Å². The largest absolute Gasteiger partial charge is 0.344 e. The van der Waals surface area contributed by atoms with Crippen LogP contribution in [0.5, 0.6) is 0 Å². The minimum atomic E-state index is -0.484. The monoisotopic (exact) mass is 446 g/mol. The quantitative estimate of drug-likeness (QED) is 0.486. The molecule has 33 heavy (non-hydrogen) atoms. The molecule has 0 N–H and O–H groups in total. The van der Waals surface area contributed by atoms with Crippen molar-refractivity contribution in [2.45, 2.75) is 89.8 Å². The van der Waals surface area contributed by atoms with Gasteiger partial charge in [0.2, 0.25) is 0 Å². The van der Waals surface area contributed by atoms with Crippen molar-refractivity contribution in [1.82, 2.24) is 0 Å². The number of carbonyl (C=O) groups excluding carboxylic acids is 1. The molecule has 1 aromatic rings. The van der Waals surface area contributed by atoms with E-state index in [2.05, 4.69) is 58.0 Å². The van der Waals surface area contributed by atoms with Gasteiger partial charge in [-0.2, -0.15) is 0 Å². The fraction of sp³-hybridized carbons (Fsp3) is 0.633. The molecule has 176 valence electrons. The van der Waals surface area contributed by atoms with Gasteiger partial charge in [0.15, 0.2) is 5.79 Å². The van der Waals surface area contributed by atoms with Gasteiger partial charge in [0.25, 0.3) is 0 Å². The Morgan fingerprint density at radius 1 is 0.970 bits per heavy atom. The first-order valence-electron chi connectivity index (χ1n) is 13.1. The second-order valence-corrected chi connectivity index (χ2v) is 12.4. The van der Waals surface area contributed by atoms with Gasteiger partial charge in [-0.05, 0) is 77.7 Å². The Morgan fingerprint density at radius 3 is 2.39 bits per heavy atom. The van der Waals surface area contributed by atoms with Gasteiger partial charge in [0.05, 0.1) is 13.2 Å². The highest BCUT2D eigenvalue weighted by Crippen LogP contribution is 2.63. The third kappa shape index (κ3) is 3.33. The van der Waals surface area contributed by atoms with Gasteiger partial charge >= 0.3 is 0 Å². The molecule has 0 aromatic heterocycles. The number of ketones is 1. The average Bonchev–Trinajstić information content (AvgIpc) is 3.36. The molecule has 0 amide bonds. The van der Waals surface area contributed by atoms with Crippen LogP contribution in [0.3, 0.4) is 0 Å². The lowest BCUT2D eigenvalue weighted by atomic mass is 9.53. The van der Waals surface area contributed by atoms with Crippen LogP contribution in [0.1, 0.15) is 89.7 Å². The van der Waals surface area contributed by atoms with E-state index in [4.69, 9.17) is 9.47 Å². The molecule has 1 aliphatic heterocycles. The van der Waals surface area contributed by atoms with Crippen molar-refractivity contribution < 1.29 is 14.3 Å². The second-order valence-electron chi connectivity index (χ2n) is 12.4. The Labute approximate surface area is 198 Å². The number of ether oxygens (including phenoxy) is 2. The Balaban J connectivity index is 1.47. The van der Waals surface area contributed by atoms with Crippen molar-refractivity contribution in [3.8, 4) is 0 Å². The van der Waals surface area contributed by atoms with Crippen LogP contribution in [0.2, 0.25) is 0 Å². The summed E-state index contributed by atoms with van der Waals surface area (Å²) in [6.45, 7) is 10.5. The van der Waals surface area contributed by atoms with Crippen molar-refractivity contribution in [2.75, 3.05) is 13.2 Å². The van der Waals surface area contributed by atoms with E-state index in [-0.39, 0.29) is 10.8 Å². The van der Waals surface area contributed by atoms with Gasteiger partial charge in [0.1, 0.15) is 5.78 Å². The SMILES string of the molecule is CC(C)(C)c1ccc(C2C[C@]3(C)C(=O)CCC3C3CCC4=CC5(CCC4=C23)OCCO5)cc1. The normalized spacial score (nSPS) is 35.3. The summed E-state index contributed by atoms with van der Waals surface area (Å²) in [5.74, 6) is 1.40. The standard InChI is InChI=1S/C30H38O3/c1-28(2,3)21-8-5-19(6-9-21)24-18-29(4)25(11-12-26(29)31)23-10-7-20-17-30(32-15-16-33-30)14-13-22(20)27(23)24/h5-6,8-9,17,23-25H,7,10-16,18H2,1-4H3/t23?,24?,25?,29-/m0/s1. The lowest BCUT2D eigenvalue weighted by molar-refractivity contribution is -0.128. The van der Waals surface area contributed by atoms with Crippen molar-refractivity contribution in [2.24, 2.45) is 17.3 Å². The van der Waals surface area contributed by atoms with E-state index in [0.29, 0.717) is 36.8 Å². The van der Waals surface area contributed by atoms with Crippen LogP contribution < -0.4 is 0 Å². The summed E-state index contributed by atoms with van der Waals surface area (Å²) in [5.41, 5.74) is 7.42. The summed E-state index contributed by atoms with van der Waals surface area (Å²) in [5, 5.41) is 0. The van der Waals surface area contributed by atoms with Gasteiger partial charge in [-0.15, -0.1) is 0 Å². The van der Waals surface area contributed by atoms with Crippen LogP contribution in [0.4, 0.5) is 0 Å². The van der Waals surface area contributed by atoms with Crippen molar-refractivity contribution in [3.05, 3.63) is 58.2 Å². The molecular formula is C30H38O3. The highest BCUT2D eigenvalue weighted by Gasteiger charge is 2.56. The summed E-state index contributed by atoms with van der Waals surface area (Å²) < 4.78 is 12.1. The van der Waals surface area contributed by atoms with E-state index in [0.717, 1.165) is 44.9 Å². The predicted octanol–water partition coefficient (Wildman–Crippen LogP) is 6.63. The molecular weight excluding hydrogens is 408 g/mol. The van der Waals surface area contributed by atoms with E-state index in [1.165, 1.54) is 16.7 Å². The lowest BCUT2D eigenvalue weighted by Crippen LogP contribution is -2.44. The molecule has 2 saturated carbocycles. The van der Waals surface area contributed by atoms with Gasteiger partial charge in [-0.1, -0.05) is 57.5 Å². The number of carbonyl (C=O) groups is 1. The first-order valence-corrected chi connectivity index (χ1v) is 13.1. The number of fused-ring (bicyclic) bond motifs is 4. The Hall–Kier alpha value is -1.71. The maximum atomic E-state index is 13.2. The molecule has 3 heteroatoms. The van der Waals surface area contributed by atoms with E-state index in [1.54, 1.807) is 11.1 Å². The molecule has 3 nitrogen and oxygen atoms in total. The maximum absolute atomic E-state index is 13.2. The van der Waals surface area contributed by atoms with Gasteiger partial charge < -0.3 is 9.47 Å². The highest BCUT2D eigenvalue weighted by molar-refractivity contribution is 5.87. The van der Waals surface area contributed by atoms with Crippen LogP contribution in [0.15, 0.2) is 47.1 Å². The number of hydrogen-bond acceptors (Lipinski definition) is 3. The minimum Gasteiger partial charge on any atom is -0.344 e. The summed E-state index contributed by atoms with van der Waals surface area (Å²) in [7, 11) is 0. The van der Waals surface area contributed by atoms with Gasteiger partial charge in [-0.3, -0.25) is 4.79 Å². The number of hydrogen-bond donors (Lipinski definition) is 0. The van der Waals surface area contributed by atoms with Crippen LogP contribution in [-0.4, -0.2) is 24.8 Å². The van der Waals surface area contributed by atoms with Crippen LogP contribution in [-0.2, 0) is 19.7 Å². The first-order chi connectivity index (χ1) is 15.7. The summed E-state index contributed by atoms with van der Waals surface area (Å²) in [4.78, 5) is 13.2. The minimum absolute atomic E-state index is 0.147. The molecule has 3 fully saturated rings. The molecule has 0 radical (unpaired) electrons. The van der Waals surface area contributed by atoms with E-state index < -0.39 is 5.79 Å². The zero-order valence-corrected chi connectivity index (χ0v) is 20.7. The van der Waals surface area contributed by atoms with Crippen LogP contribution >= 0.6 is 0 Å². The summed E-state index contributed by atoms with van der Waals surface area (Å²) >= 11 is 0. The summed E-state index contributed by atoms with van der Waals surface area (Å²) in [6.07, 6.45) is 9.32. The fourth-order valence-electron chi connectivity index (χ4n) is 7.77. The molecule has 4 atom stereocenters. The van der Waals surface area contributed by atoms with Crippen molar-refractivity contribution in [1.29, 1.82) is 0 Å². The maximum Gasteiger partial charge on any atom is 0.188 e. The van der Waals surface area contributed by atoms with E-state index in [9.17, 15) is 4.79 Å². The molecule has 3 unspecified atom stereocenters. The molecule has 1 aromatic carbocycles. The average molecular weight is 447 g/mol. The molecule has 6 rings (SSSR count). The molecule has 1 spiro atoms. The van der Waals surface area contributed by atoms with E-state index >= 15 is 0 Å². The van der Waals surface area contributed by atoms with Gasteiger partial charge in [0, 0.05) is 24.2 Å². The number of rotatable bonds is 1. The molecule has 1 heterocycles. The fourth-order valence-corrected chi connectivity index (χ4v) is 7.77. The van der Waals surface area contributed by atoms with Crippen LogP contribution in [0, 0.1) is 17.3 Å². The smallest absolute Gasteiger partial charge is 0.188 e.